The Morgan fingerprint density at radius 1 is 1.13 bits per heavy atom. The fourth-order valence-corrected chi connectivity index (χ4v) is 2.28. The van der Waals surface area contributed by atoms with Crippen LogP contribution in [0.3, 0.4) is 0 Å². The van der Waals surface area contributed by atoms with Gasteiger partial charge in [-0.15, -0.1) is 0 Å². The molecule has 0 fully saturated rings. The smallest absolute Gasteiger partial charge is 0.282 e. The number of rotatable bonds is 1. The van der Waals surface area contributed by atoms with Crippen molar-refractivity contribution in [1.29, 1.82) is 0 Å². The van der Waals surface area contributed by atoms with Crippen LogP contribution >= 0.6 is 11.6 Å². The van der Waals surface area contributed by atoms with Crippen LogP contribution in [-0.4, -0.2) is 13.0 Å². The van der Waals surface area contributed by atoms with Crippen LogP contribution in [0.5, 0.6) is 0 Å². The van der Waals surface area contributed by atoms with Gasteiger partial charge in [-0.3, -0.25) is 4.55 Å². The lowest BCUT2D eigenvalue weighted by molar-refractivity contribution is 0.483. The van der Waals surface area contributed by atoms with Crippen LogP contribution < -0.4 is 0 Å². The first kappa shape index (κ1) is 10.4. The van der Waals surface area contributed by atoms with Gasteiger partial charge in [-0.2, -0.15) is 8.42 Å². The van der Waals surface area contributed by atoms with Gasteiger partial charge in [0.1, 0.15) is 0 Å². The van der Waals surface area contributed by atoms with E-state index in [1.165, 1.54) is 12.1 Å². The molecular formula is C10H7ClO3S. The van der Waals surface area contributed by atoms with Gasteiger partial charge in [0.25, 0.3) is 10.1 Å². The highest BCUT2D eigenvalue weighted by Gasteiger charge is 2.12. The van der Waals surface area contributed by atoms with Gasteiger partial charge < -0.3 is 0 Å². The number of benzene rings is 2. The van der Waals surface area contributed by atoms with E-state index >= 15 is 0 Å². The minimum atomic E-state index is -4.20. The SMILES string of the molecule is O=S(=O)(O)c1cc(Cl)c2ccccc2c1. The van der Waals surface area contributed by atoms with Crippen molar-refractivity contribution < 1.29 is 13.0 Å². The Kier molecular flexibility index (Phi) is 2.42. The molecular weight excluding hydrogens is 236 g/mol. The topological polar surface area (TPSA) is 54.4 Å². The average Bonchev–Trinajstić information content (AvgIpc) is 2.16. The Morgan fingerprint density at radius 3 is 2.47 bits per heavy atom. The summed E-state index contributed by atoms with van der Waals surface area (Å²) < 4.78 is 30.7. The molecule has 0 saturated carbocycles. The van der Waals surface area contributed by atoms with Crippen molar-refractivity contribution in [3.8, 4) is 0 Å². The predicted molar refractivity (Wildman–Crippen MR) is 58.8 cm³/mol. The number of hydrogen-bond acceptors (Lipinski definition) is 2. The summed E-state index contributed by atoms with van der Waals surface area (Å²) in [6.45, 7) is 0. The van der Waals surface area contributed by atoms with E-state index in [0.29, 0.717) is 10.4 Å². The molecule has 0 aliphatic carbocycles. The molecule has 78 valence electrons. The van der Waals surface area contributed by atoms with Crippen molar-refractivity contribution in [3.05, 3.63) is 41.4 Å². The highest BCUT2D eigenvalue weighted by Crippen LogP contribution is 2.27. The molecule has 5 heteroatoms. The lowest BCUT2D eigenvalue weighted by Gasteiger charge is -2.03. The summed E-state index contributed by atoms with van der Waals surface area (Å²) in [4.78, 5) is -0.189. The molecule has 0 aliphatic rings. The van der Waals surface area contributed by atoms with Crippen molar-refractivity contribution >= 4 is 32.5 Å². The van der Waals surface area contributed by atoms with Crippen LogP contribution in [0.2, 0.25) is 5.02 Å². The Hall–Kier alpha value is -1.10. The minimum absolute atomic E-state index is 0.189. The third-order valence-corrected chi connectivity index (χ3v) is 3.23. The van der Waals surface area contributed by atoms with E-state index in [1.54, 1.807) is 24.3 Å². The van der Waals surface area contributed by atoms with Gasteiger partial charge in [0.15, 0.2) is 0 Å². The van der Waals surface area contributed by atoms with E-state index in [2.05, 4.69) is 0 Å². The number of fused-ring (bicyclic) bond motifs is 1. The van der Waals surface area contributed by atoms with Gasteiger partial charge in [0.2, 0.25) is 0 Å². The second kappa shape index (κ2) is 3.48. The molecule has 2 aromatic carbocycles. The first-order chi connectivity index (χ1) is 6.98. The molecule has 0 heterocycles. The highest BCUT2D eigenvalue weighted by molar-refractivity contribution is 7.85. The second-order valence-electron chi connectivity index (χ2n) is 3.10. The van der Waals surface area contributed by atoms with Gasteiger partial charge >= 0.3 is 0 Å². The third kappa shape index (κ3) is 1.97. The maximum absolute atomic E-state index is 10.9. The molecule has 0 aromatic heterocycles. The molecule has 1 N–H and O–H groups in total. The zero-order chi connectivity index (χ0) is 11.1. The summed E-state index contributed by atoms with van der Waals surface area (Å²) in [6, 6.07) is 9.71. The summed E-state index contributed by atoms with van der Waals surface area (Å²) in [6.07, 6.45) is 0. The largest absolute Gasteiger partial charge is 0.294 e. The Bertz CT molecular complexity index is 620. The Labute approximate surface area is 92.0 Å². The van der Waals surface area contributed by atoms with Crippen molar-refractivity contribution in [1.82, 2.24) is 0 Å². The first-order valence-corrected chi connectivity index (χ1v) is 5.96. The molecule has 0 saturated heterocycles. The van der Waals surface area contributed by atoms with Crippen molar-refractivity contribution in [2.45, 2.75) is 4.90 Å². The zero-order valence-electron chi connectivity index (χ0n) is 7.51. The van der Waals surface area contributed by atoms with Crippen molar-refractivity contribution in [3.63, 3.8) is 0 Å². The lowest BCUT2D eigenvalue weighted by Crippen LogP contribution is -1.97. The maximum Gasteiger partial charge on any atom is 0.294 e. The van der Waals surface area contributed by atoms with Gasteiger partial charge in [0, 0.05) is 10.4 Å². The zero-order valence-corrected chi connectivity index (χ0v) is 9.09. The monoisotopic (exact) mass is 242 g/mol. The minimum Gasteiger partial charge on any atom is -0.282 e. The molecule has 0 aliphatic heterocycles. The van der Waals surface area contributed by atoms with E-state index in [9.17, 15) is 8.42 Å². The molecule has 0 radical (unpaired) electrons. The van der Waals surface area contributed by atoms with Gasteiger partial charge in [0.05, 0.1) is 4.90 Å². The van der Waals surface area contributed by atoms with Crippen molar-refractivity contribution in [2.75, 3.05) is 0 Å². The molecule has 3 nitrogen and oxygen atoms in total. The molecule has 0 bridgehead atoms. The summed E-state index contributed by atoms with van der Waals surface area (Å²) in [5.41, 5.74) is 0. The molecule has 0 unspecified atom stereocenters. The number of halogens is 1. The molecule has 2 rings (SSSR count). The molecule has 0 amide bonds. The summed E-state index contributed by atoms with van der Waals surface area (Å²) >= 11 is 5.89. The highest BCUT2D eigenvalue weighted by atomic mass is 35.5. The second-order valence-corrected chi connectivity index (χ2v) is 4.93. The average molecular weight is 243 g/mol. The van der Waals surface area contributed by atoms with Crippen LogP contribution in [-0.2, 0) is 10.1 Å². The third-order valence-electron chi connectivity index (χ3n) is 2.08. The maximum atomic E-state index is 10.9. The lowest BCUT2D eigenvalue weighted by atomic mass is 10.1. The number of hydrogen-bond donors (Lipinski definition) is 1. The summed E-state index contributed by atoms with van der Waals surface area (Å²) in [7, 11) is -4.20. The van der Waals surface area contributed by atoms with Crippen LogP contribution in [0.15, 0.2) is 41.3 Å². The first-order valence-electron chi connectivity index (χ1n) is 4.14. The quantitative estimate of drug-likeness (QED) is 0.783. The fraction of sp³-hybridized carbons (Fsp3) is 0. The van der Waals surface area contributed by atoms with Gasteiger partial charge in [-0.1, -0.05) is 35.9 Å². The van der Waals surface area contributed by atoms with E-state index in [0.717, 1.165) is 5.39 Å². The van der Waals surface area contributed by atoms with Crippen LogP contribution in [0.1, 0.15) is 0 Å². The molecule has 15 heavy (non-hydrogen) atoms. The van der Waals surface area contributed by atoms with Crippen LogP contribution in [0, 0.1) is 0 Å². The molecule has 0 spiro atoms. The predicted octanol–water partition coefficient (Wildman–Crippen LogP) is 2.74. The fourth-order valence-electron chi connectivity index (χ4n) is 1.39. The summed E-state index contributed by atoms with van der Waals surface area (Å²) in [5.74, 6) is 0. The normalized spacial score (nSPS) is 11.9. The van der Waals surface area contributed by atoms with E-state index in [-0.39, 0.29) is 4.90 Å². The Morgan fingerprint density at radius 2 is 1.80 bits per heavy atom. The Balaban J connectivity index is 2.85. The van der Waals surface area contributed by atoms with Crippen LogP contribution in [0.4, 0.5) is 0 Å². The molecule has 2 aromatic rings. The van der Waals surface area contributed by atoms with Gasteiger partial charge in [-0.05, 0) is 17.5 Å². The van der Waals surface area contributed by atoms with E-state index < -0.39 is 10.1 Å². The molecule has 0 atom stereocenters. The standard InChI is InChI=1S/C10H7ClO3S/c11-10-6-8(15(12,13)14)5-7-3-1-2-4-9(7)10/h1-6H,(H,12,13,14). The van der Waals surface area contributed by atoms with Crippen molar-refractivity contribution in [2.24, 2.45) is 0 Å². The van der Waals surface area contributed by atoms with E-state index in [1.807, 2.05) is 0 Å². The summed E-state index contributed by atoms with van der Waals surface area (Å²) in [5, 5.41) is 1.74. The van der Waals surface area contributed by atoms with E-state index in [4.69, 9.17) is 16.2 Å². The van der Waals surface area contributed by atoms with Crippen LogP contribution in [0.25, 0.3) is 10.8 Å². The van der Waals surface area contributed by atoms with Gasteiger partial charge in [-0.25, -0.2) is 0 Å².